The van der Waals surface area contributed by atoms with E-state index in [1.165, 1.54) is 0 Å². The van der Waals surface area contributed by atoms with E-state index in [1.54, 1.807) is 0 Å². The SMILES string of the molecule is Cc1cccc(C)c1NC(=O)CNCCC(=O)O. The predicted octanol–water partition coefficient (Wildman–Crippen LogP) is 1.31. The van der Waals surface area contributed by atoms with Crippen molar-refractivity contribution in [2.45, 2.75) is 20.3 Å². The maximum Gasteiger partial charge on any atom is 0.304 e. The van der Waals surface area contributed by atoms with Gasteiger partial charge in [0.25, 0.3) is 0 Å². The van der Waals surface area contributed by atoms with E-state index in [9.17, 15) is 9.59 Å². The number of para-hydroxylation sites is 1. The number of carbonyl (C=O) groups is 2. The molecule has 0 atom stereocenters. The maximum absolute atomic E-state index is 11.6. The van der Waals surface area contributed by atoms with Crippen LogP contribution in [0.5, 0.6) is 0 Å². The van der Waals surface area contributed by atoms with Crippen LogP contribution >= 0.6 is 0 Å². The summed E-state index contributed by atoms with van der Waals surface area (Å²) in [5, 5.41) is 14.0. The Morgan fingerprint density at radius 2 is 1.83 bits per heavy atom. The molecule has 1 aromatic carbocycles. The summed E-state index contributed by atoms with van der Waals surface area (Å²) in [6, 6.07) is 5.80. The molecular formula is C13H18N2O3. The van der Waals surface area contributed by atoms with E-state index in [2.05, 4.69) is 10.6 Å². The molecule has 0 radical (unpaired) electrons. The highest BCUT2D eigenvalue weighted by Crippen LogP contribution is 2.18. The number of carbonyl (C=O) groups excluding carboxylic acids is 1. The Bertz CT molecular complexity index is 424. The fourth-order valence-electron chi connectivity index (χ4n) is 1.59. The number of hydrogen-bond acceptors (Lipinski definition) is 3. The molecule has 0 heterocycles. The fraction of sp³-hybridized carbons (Fsp3) is 0.385. The molecule has 0 unspecified atom stereocenters. The Kier molecular flexibility index (Phi) is 5.32. The number of benzene rings is 1. The molecule has 0 saturated heterocycles. The van der Waals surface area contributed by atoms with Crippen LogP contribution in [-0.2, 0) is 9.59 Å². The zero-order valence-electron chi connectivity index (χ0n) is 10.6. The highest BCUT2D eigenvalue weighted by molar-refractivity contribution is 5.93. The van der Waals surface area contributed by atoms with Crippen molar-refractivity contribution in [3.8, 4) is 0 Å². The lowest BCUT2D eigenvalue weighted by Crippen LogP contribution is -2.30. The van der Waals surface area contributed by atoms with Crippen LogP contribution in [0.2, 0.25) is 0 Å². The van der Waals surface area contributed by atoms with E-state index in [0.717, 1.165) is 16.8 Å². The summed E-state index contributed by atoms with van der Waals surface area (Å²) >= 11 is 0. The van der Waals surface area contributed by atoms with Gasteiger partial charge in [0, 0.05) is 12.2 Å². The van der Waals surface area contributed by atoms with Crippen molar-refractivity contribution < 1.29 is 14.7 Å². The third-order valence-electron chi connectivity index (χ3n) is 2.55. The van der Waals surface area contributed by atoms with Gasteiger partial charge in [-0.15, -0.1) is 0 Å². The number of carboxylic acid groups (broad SMARTS) is 1. The van der Waals surface area contributed by atoms with Crippen LogP contribution in [0.3, 0.4) is 0 Å². The molecule has 1 rings (SSSR count). The first-order chi connectivity index (χ1) is 8.50. The molecule has 0 aromatic heterocycles. The first kappa shape index (κ1) is 14.2. The molecule has 0 spiro atoms. The lowest BCUT2D eigenvalue weighted by molar-refractivity contribution is -0.137. The molecule has 3 N–H and O–H groups in total. The van der Waals surface area contributed by atoms with Gasteiger partial charge in [-0.25, -0.2) is 0 Å². The summed E-state index contributed by atoms with van der Waals surface area (Å²) in [6.45, 7) is 4.26. The van der Waals surface area contributed by atoms with E-state index >= 15 is 0 Å². The van der Waals surface area contributed by atoms with Crippen LogP contribution in [0.4, 0.5) is 5.69 Å². The minimum Gasteiger partial charge on any atom is -0.481 e. The molecule has 5 nitrogen and oxygen atoms in total. The number of amides is 1. The summed E-state index contributed by atoms with van der Waals surface area (Å²) in [5.41, 5.74) is 2.84. The number of aryl methyl sites for hydroxylation is 2. The van der Waals surface area contributed by atoms with Gasteiger partial charge in [-0.05, 0) is 25.0 Å². The Hall–Kier alpha value is -1.88. The number of anilines is 1. The molecule has 0 aliphatic heterocycles. The minimum atomic E-state index is -0.877. The first-order valence-electron chi connectivity index (χ1n) is 5.79. The molecule has 0 aliphatic rings. The lowest BCUT2D eigenvalue weighted by atomic mass is 10.1. The van der Waals surface area contributed by atoms with Gasteiger partial charge < -0.3 is 15.7 Å². The van der Waals surface area contributed by atoms with Crippen molar-refractivity contribution in [2.24, 2.45) is 0 Å². The molecule has 5 heteroatoms. The molecule has 98 valence electrons. The van der Waals surface area contributed by atoms with Gasteiger partial charge in [-0.3, -0.25) is 9.59 Å². The van der Waals surface area contributed by atoms with Crippen LogP contribution < -0.4 is 10.6 Å². The maximum atomic E-state index is 11.6. The largest absolute Gasteiger partial charge is 0.481 e. The normalized spacial score (nSPS) is 10.1. The Morgan fingerprint density at radius 3 is 2.39 bits per heavy atom. The Labute approximate surface area is 106 Å². The van der Waals surface area contributed by atoms with E-state index < -0.39 is 5.97 Å². The van der Waals surface area contributed by atoms with E-state index in [1.807, 2.05) is 32.0 Å². The van der Waals surface area contributed by atoms with Crippen LogP contribution in [-0.4, -0.2) is 30.1 Å². The summed E-state index contributed by atoms with van der Waals surface area (Å²) in [6.07, 6.45) is 0.0106. The number of aliphatic carboxylic acids is 1. The molecule has 0 fully saturated rings. The van der Waals surface area contributed by atoms with Gasteiger partial charge >= 0.3 is 5.97 Å². The second-order valence-electron chi connectivity index (χ2n) is 4.14. The van der Waals surface area contributed by atoms with Crippen molar-refractivity contribution in [1.82, 2.24) is 5.32 Å². The van der Waals surface area contributed by atoms with E-state index in [4.69, 9.17) is 5.11 Å². The lowest BCUT2D eigenvalue weighted by Gasteiger charge is -2.11. The van der Waals surface area contributed by atoms with Gasteiger partial charge in [0.05, 0.1) is 13.0 Å². The predicted molar refractivity (Wildman–Crippen MR) is 69.7 cm³/mol. The average molecular weight is 250 g/mol. The summed E-state index contributed by atoms with van der Waals surface area (Å²) in [7, 11) is 0. The zero-order chi connectivity index (χ0) is 13.5. The molecule has 18 heavy (non-hydrogen) atoms. The van der Waals surface area contributed by atoms with Crippen LogP contribution in [0, 0.1) is 13.8 Å². The minimum absolute atomic E-state index is 0.0106. The molecule has 0 aliphatic carbocycles. The number of rotatable bonds is 6. The van der Waals surface area contributed by atoms with Crippen molar-refractivity contribution in [3.05, 3.63) is 29.3 Å². The van der Waals surface area contributed by atoms with E-state index in [-0.39, 0.29) is 25.4 Å². The number of carboxylic acids is 1. The second-order valence-corrected chi connectivity index (χ2v) is 4.14. The summed E-state index contributed by atoms with van der Waals surface area (Å²) < 4.78 is 0. The monoisotopic (exact) mass is 250 g/mol. The number of hydrogen-bond donors (Lipinski definition) is 3. The topological polar surface area (TPSA) is 78.4 Å². The van der Waals surface area contributed by atoms with Gasteiger partial charge in [-0.2, -0.15) is 0 Å². The average Bonchev–Trinajstić information content (AvgIpc) is 2.29. The third-order valence-corrected chi connectivity index (χ3v) is 2.55. The van der Waals surface area contributed by atoms with Crippen LogP contribution in [0.1, 0.15) is 17.5 Å². The molecular weight excluding hydrogens is 232 g/mol. The van der Waals surface area contributed by atoms with Gasteiger partial charge in [-0.1, -0.05) is 18.2 Å². The standard InChI is InChI=1S/C13H18N2O3/c1-9-4-3-5-10(2)13(9)15-11(16)8-14-7-6-12(17)18/h3-5,14H,6-8H2,1-2H3,(H,15,16)(H,17,18). The Morgan fingerprint density at radius 1 is 1.22 bits per heavy atom. The highest BCUT2D eigenvalue weighted by atomic mass is 16.4. The Balaban J connectivity index is 2.43. The van der Waals surface area contributed by atoms with Crippen molar-refractivity contribution in [2.75, 3.05) is 18.4 Å². The fourth-order valence-corrected chi connectivity index (χ4v) is 1.59. The van der Waals surface area contributed by atoms with Gasteiger partial charge in [0.2, 0.25) is 5.91 Å². The van der Waals surface area contributed by atoms with E-state index in [0.29, 0.717) is 0 Å². The van der Waals surface area contributed by atoms with Crippen molar-refractivity contribution >= 4 is 17.6 Å². The van der Waals surface area contributed by atoms with Gasteiger partial charge in [0.15, 0.2) is 0 Å². The van der Waals surface area contributed by atoms with Crippen molar-refractivity contribution in [1.29, 1.82) is 0 Å². The number of nitrogens with one attached hydrogen (secondary N) is 2. The molecule has 0 bridgehead atoms. The highest BCUT2D eigenvalue weighted by Gasteiger charge is 2.06. The molecule has 1 amide bonds. The zero-order valence-corrected chi connectivity index (χ0v) is 10.6. The first-order valence-corrected chi connectivity index (χ1v) is 5.79. The smallest absolute Gasteiger partial charge is 0.304 e. The quantitative estimate of drug-likeness (QED) is 0.665. The van der Waals surface area contributed by atoms with Gasteiger partial charge in [0.1, 0.15) is 0 Å². The molecule has 0 saturated carbocycles. The van der Waals surface area contributed by atoms with Crippen LogP contribution in [0.25, 0.3) is 0 Å². The summed E-state index contributed by atoms with van der Waals surface area (Å²) in [5.74, 6) is -1.05. The third kappa shape index (κ3) is 4.55. The molecule has 1 aromatic rings. The summed E-state index contributed by atoms with van der Waals surface area (Å²) in [4.78, 5) is 21.9. The van der Waals surface area contributed by atoms with Crippen LogP contribution in [0.15, 0.2) is 18.2 Å². The van der Waals surface area contributed by atoms with Crippen molar-refractivity contribution in [3.63, 3.8) is 0 Å². The second kappa shape index (κ2) is 6.76.